The van der Waals surface area contributed by atoms with E-state index in [-0.39, 0.29) is 18.8 Å². The second-order valence-corrected chi connectivity index (χ2v) is 5.01. The maximum Gasteiger partial charge on any atom is 0.416 e. The number of carbonyl (C=O) groups is 1. The van der Waals surface area contributed by atoms with Crippen molar-refractivity contribution in [2.24, 2.45) is 5.73 Å². The average molecular weight is 315 g/mol. The Bertz CT molecular complexity index is 640. The van der Waals surface area contributed by atoms with Gasteiger partial charge in [-0.2, -0.15) is 13.2 Å². The summed E-state index contributed by atoms with van der Waals surface area (Å²) in [6, 6.07) is 4.81. The molecule has 0 saturated carbocycles. The van der Waals surface area contributed by atoms with Gasteiger partial charge in [0.1, 0.15) is 5.69 Å². The zero-order valence-electron chi connectivity index (χ0n) is 10.8. The van der Waals surface area contributed by atoms with E-state index >= 15 is 0 Å². The van der Waals surface area contributed by atoms with E-state index in [1.807, 2.05) is 0 Å². The molecule has 1 amide bonds. The predicted octanol–water partition coefficient (Wildman–Crippen LogP) is 2.52. The van der Waals surface area contributed by atoms with Crippen LogP contribution < -0.4 is 11.1 Å². The van der Waals surface area contributed by atoms with Crippen LogP contribution in [0, 0.1) is 0 Å². The fourth-order valence-corrected chi connectivity index (χ4v) is 2.50. The molecule has 0 atom stereocenters. The average Bonchev–Trinajstić information content (AvgIpc) is 2.93. The van der Waals surface area contributed by atoms with Crippen LogP contribution in [-0.4, -0.2) is 24.0 Å². The summed E-state index contributed by atoms with van der Waals surface area (Å²) in [4.78, 5) is 16.2. The van der Waals surface area contributed by atoms with Gasteiger partial charge in [0.05, 0.1) is 16.0 Å². The molecule has 4 nitrogen and oxygen atoms in total. The first-order valence-electron chi connectivity index (χ1n) is 6.03. The van der Waals surface area contributed by atoms with E-state index in [9.17, 15) is 18.0 Å². The summed E-state index contributed by atoms with van der Waals surface area (Å²) >= 11 is 1.11. The lowest BCUT2D eigenvalue weighted by Crippen LogP contribution is -2.29. The first-order valence-corrected chi connectivity index (χ1v) is 6.91. The van der Waals surface area contributed by atoms with Crippen molar-refractivity contribution in [1.82, 2.24) is 10.3 Å². The Kier molecular flexibility index (Phi) is 4.59. The van der Waals surface area contributed by atoms with Crippen molar-refractivity contribution in [2.75, 3.05) is 13.1 Å². The molecule has 1 aromatic heterocycles. The van der Waals surface area contributed by atoms with Gasteiger partial charge in [-0.1, -0.05) is 12.1 Å². The number of nitrogens with one attached hydrogen (secondary N) is 1. The Morgan fingerprint density at radius 3 is 2.81 bits per heavy atom. The quantitative estimate of drug-likeness (QED) is 0.911. The summed E-state index contributed by atoms with van der Waals surface area (Å²) in [5.41, 5.74) is 6.37. The molecular formula is C13H12F3N3OS. The van der Waals surface area contributed by atoms with Gasteiger partial charge >= 0.3 is 6.18 Å². The van der Waals surface area contributed by atoms with E-state index in [0.717, 1.165) is 23.5 Å². The number of hydrogen-bond acceptors (Lipinski definition) is 4. The van der Waals surface area contributed by atoms with Crippen molar-refractivity contribution < 1.29 is 18.0 Å². The Hall–Kier alpha value is -1.93. The van der Waals surface area contributed by atoms with Crippen molar-refractivity contribution >= 4 is 17.2 Å². The Balaban J connectivity index is 2.35. The standard InChI is InChI=1S/C13H12F3N3OS/c14-13(15,16)9-3-1-2-8(6-9)11-10(19-7-21-11)12(20)18-5-4-17/h1-3,6-7H,4-5,17H2,(H,18,20). The second kappa shape index (κ2) is 6.23. The largest absolute Gasteiger partial charge is 0.416 e. The second-order valence-electron chi connectivity index (χ2n) is 4.15. The lowest BCUT2D eigenvalue weighted by molar-refractivity contribution is -0.137. The SMILES string of the molecule is NCCNC(=O)c1ncsc1-c1cccc(C(F)(F)F)c1. The highest BCUT2D eigenvalue weighted by atomic mass is 32.1. The minimum Gasteiger partial charge on any atom is -0.349 e. The summed E-state index contributed by atoms with van der Waals surface area (Å²) in [5.74, 6) is -0.450. The summed E-state index contributed by atoms with van der Waals surface area (Å²) in [7, 11) is 0. The molecule has 0 aliphatic heterocycles. The molecule has 1 heterocycles. The molecule has 112 valence electrons. The van der Waals surface area contributed by atoms with E-state index in [1.165, 1.54) is 17.6 Å². The lowest BCUT2D eigenvalue weighted by Gasteiger charge is -2.08. The number of rotatable bonds is 4. The number of hydrogen-bond donors (Lipinski definition) is 2. The maximum absolute atomic E-state index is 12.7. The van der Waals surface area contributed by atoms with Crippen molar-refractivity contribution in [2.45, 2.75) is 6.18 Å². The van der Waals surface area contributed by atoms with E-state index in [0.29, 0.717) is 10.4 Å². The first-order chi connectivity index (χ1) is 9.93. The van der Waals surface area contributed by atoms with Crippen molar-refractivity contribution in [1.29, 1.82) is 0 Å². The molecule has 0 unspecified atom stereocenters. The van der Waals surface area contributed by atoms with E-state index in [1.54, 1.807) is 0 Å². The van der Waals surface area contributed by atoms with Crippen molar-refractivity contribution in [3.05, 3.63) is 41.0 Å². The summed E-state index contributed by atoms with van der Waals surface area (Å²) in [6.07, 6.45) is -4.43. The van der Waals surface area contributed by atoms with Gasteiger partial charge in [0, 0.05) is 13.1 Å². The Morgan fingerprint density at radius 1 is 1.38 bits per heavy atom. The summed E-state index contributed by atoms with van der Waals surface area (Å²) < 4.78 is 38.2. The van der Waals surface area contributed by atoms with E-state index < -0.39 is 17.6 Å². The van der Waals surface area contributed by atoms with Gasteiger partial charge in [-0.25, -0.2) is 4.98 Å². The lowest BCUT2D eigenvalue weighted by atomic mass is 10.1. The highest BCUT2D eigenvalue weighted by Gasteiger charge is 2.31. The van der Waals surface area contributed by atoms with Crippen LogP contribution in [0.4, 0.5) is 13.2 Å². The number of nitrogens with zero attached hydrogens (tertiary/aromatic N) is 1. The molecule has 21 heavy (non-hydrogen) atoms. The number of halogens is 3. The third kappa shape index (κ3) is 3.59. The molecule has 0 saturated heterocycles. The molecule has 0 bridgehead atoms. The monoisotopic (exact) mass is 315 g/mol. The third-order valence-corrected chi connectivity index (χ3v) is 3.54. The minimum absolute atomic E-state index is 0.104. The smallest absolute Gasteiger partial charge is 0.349 e. The normalized spacial score (nSPS) is 11.4. The summed E-state index contributed by atoms with van der Waals surface area (Å²) in [5, 5.41) is 2.55. The maximum atomic E-state index is 12.7. The van der Waals surface area contributed by atoms with Gasteiger partial charge in [-0.3, -0.25) is 4.79 Å². The van der Waals surface area contributed by atoms with E-state index in [2.05, 4.69) is 10.3 Å². The molecular weight excluding hydrogens is 303 g/mol. The Labute approximate surface area is 122 Å². The van der Waals surface area contributed by atoms with Crippen LogP contribution in [0.3, 0.4) is 0 Å². The van der Waals surface area contributed by atoms with Crippen LogP contribution in [0.2, 0.25) is 0 Å². The molecule has 0 fully saturated rings. The van der Waals surface area contributed by atoms with Gasteiger partial charge in [-0.15, -0.1) is 11.3 Å². The van der Waals surface area contributed by atoms with Gasteiger partial charge in [0.25, 0.3) is 5.91 Å². The first kappa shape index (κ1) is 15.5. The molecule has 0 aliphatic carbocycles. The van der Waals surface area contributed by atoms with Crippen LogP contribution in [0.15, 0.2) is 29.8 Å². The van der Waals surface area contributed by atoms with Crippen LogP contribution in [0.25, 0.3) is 10.4 Å². The third-order valence-electron chi connectivity index (χ3n) is 2.66. The zero-order chi connectivity index (χ0) is 15.5. The van der Waals surface area contributed by atoms with Crippen LogP contribution in [0.1, 0.15) is 16.1 Å². The number of benzene rings is 1. The number of carbonyl (C=O) groups excluding carboxylic acids is 1. The van der Waals surface area contributed by atoms with Crippen LogP contribution in [0.5, 0.6) is 0 Å². The number of aromatic nitrogens is 1. The molecule has 1 aromatic carbocycles. The van der Waals surface area contributed by atoms with E-state index in [4.69, 9.17) is 5.73 Å². The predicted molar refractivity (Wildman–Crippen MR) is 73.9 cm³/mol. The van der Waals surface area contributed by atoms with Crippen LogP contribution in [-0.2, 0) is 6.18 Å². The minimum atomic E-state index is -4.43. The molecule has 2 aromatic rings. The highest BCUT2D eigenvalue weighted by molar-refractivity contribution is 7.13. The Morgan fingerprint density at radius 2 is 2.14 bits per heavy atom. The molecule has 8 heteroatoms. The van der Waals surface area contributed by atoms with Gasteiger partial charge in [0.2, 0.25) is 0 Å². The number of amides is 1. The van der Waals surface area contributed by atoms with Gasteiger partial charge < -0.3 is 11.1 Å². The molecule has 3 N–H and O–H groups in total. The summed E-state index contributed by atoms with van der Waals surface area (Å²) in [6.45, 7) is 0.549. The fourth-order valence-electron chi connectivity index (χ4n) is 1.72. The van der Waals surface area contributed by atoms with Crippen molar-refractivity contribution in [3.8, 4) is 10.4 Å². The number of alkyl halides is 3. The fraction of sp³-hybridized carbons (Fsp3) is 0.231. The molecule has 0 radical (unpaired) electrons. The molecule has 2 rings (SSSR count). The van der Waals surface area contributed by atoms with Gasteiger partial charge in [0.15, 0.2) is 0 Å². The number of thiazole rings is 1. The van der Waals surface area contributed by atoms with Gasteiger partial charge in [-0.05, 0) is 17.7 Å². The topological polar surface area (TPSA) is 68.0 Å². The number of nitrogens with two attached hydrogens (primary N) is 1. The molecule has 0 spiro atoms. The highest BCUT2D eigenvalue weighted by Crippen LogP contribution is 2.34. The zero-order valence-corrected chi connectivity index (χ0v) is 11.6. The van der Waals surface area contributed by atoms with Crippen LogP contribution >= 0.6 is 11.3 Å². The molecule has 0 aliphatic rings. The van der Waals surface area contributed by atoms with Crippen molar-refractivity contribution in [3.63, 3.8) is 0 Å².